The number of halogens is 1. The van der Waals surface area contributed by atoms with Gasteiger partial charge in [-0.2, -0.15) is 0 Å². The maximum absolute atomic E-state index is 10.1. The maximum atomic E-state index is 10.1. The Morgan fingerprint density at radius 1 is 1.40 bits per heavy atom. The molecular weight excluding hydrogens is 212 g/mol. The average Bonchev–Trinajstić information content (AvgIpc) is 2.94. The summed E-state index contributed by atoms with van der Waals surface area (Å²) in [5, 5.41) is 10.9. The highest BCUT2D eigenvalue weighted by Crippen LogP contribution is 2.50. The molecule has 1 aliphatic carbocycles. The predicted molar refractivity (Wildman–Crippen MR) is 60.6 cm³/mol. The normalized spacial score (nSPS) is 17.7. The van der Waals surface area contributed by atoms with Crippen LogP contribution in [0.1, 0.15) is 29.5 Å². The minimum absolute atomic E-state index is 0.675. The minimum Gasteiger partial charge on any atom is -0.496 e. The van der Waals surface area contributed by atoms with Gasteiger partial charge in [-0.25, -0.2) is 0 Å². The lowest BCUT2D eigenvalue weighted by molar-refractivity contribution is 0.147. The van der Waals surface area contributed by atoms with Crippen LogP contribution in [0.15, 0.2) is 6.07 Å². The molecule has 1 aliphatic rings. The summed E-state index contributed by atoms with van der Waals surface area (Å²) in [5.41, 5.74) is 2.11. The molecule has 1 aromatic rings. The van der Waals surface area contributed by atoms with Gasteiger partial charge in [-0.05, 0) is 38.3 Å². The van der Waals surface area contributed by atoms with Gasteiger partial charge in [0.25, 0.3) is 0 Å². The molecule has 0 aliphatic heterocycles. The van der Waals surface area contributed by atoms with E-state index < -0.39 is 5.60 Å². The van der Waals surface area contributed by atoms with Crippen molar-refractivity contribution in [2.75, 3.05) is 7.11 Å². The van der Waals surface area contributed by atoms with Crippen LogP contribution in [0.5, 0.6) is 5.75 Å². The summed E-state index contributed by atoms with van der Waals surface area (Å²) in [4.78, 5) is 0. The van der Waals surface area contributed by atoms with E-state index in [0.29, 0.717) is 0 Å². The Morgan fingerprint density at radius 3 is 2.47 bits per heavy atom. The van der Waals surface area contributed by atoms with Crippen molar-refractivity contribution in [3.05, 3.63) is 27.8 Å². The lowest BCUT2D eigenvalue weighted by atomic mass is 10.00. The van der Waals surface area contributed by atoms with Crippen molar-refractivity contribution < 1.29 is 9.84 Å². The monoisotopic (exact) mass is 226 g/mol. The van der Waals surface area contributed by atoms with Crippen molar-refractivity contribution in [1.29, 1.82) is 0 Å². The fourth-order valence-electron chi connectivity index (χ4n) is 1.94. The third-order valence-corrected chi connectivity index (χ3v) is 3.63. The predicted octanol–water partition coefficient (Wildman–Crippen LogP) is 2.95. The number of ether oxygens (including phenoxy) is 1. The van der Waals surface area contributed by atoms with Gasteiger partial charge in [0.05, 0.1) is 17.7 Å². The van der Waals surface area contributed by atoms with E-state index in [-0.39, 0.29) is 0 Å². The minimum atomic E-state index is -0.675. The van der Waals surface area contributed by atoms with E-state index in [1.807, 2.05) is 19.9 Å². The highest BCUT2D eigenvalue weighted by Gasteiger charge is 2.44. The van der Waals surface area contributed by atoms with Crippen LogP contribution < -0.4 is 4.74 Å². The van der Waals surface area contributed by atoms with Crippen molar-refractivity contribution in [2.24, 2.45) is 0 Å². The van der Waals surface area contributed by atoms with E-state index in [9.17, 15) is 5.11 Å². The Kier molecular flexibility index (Phi) is 2.44. The largest absolute Gasteiger partial charge is 0.496 e. The number of methoxy groups -OCH3 is 1. The first-order valence-corrected chi connectivity index (χ1v) is 5.44. The molecule has 82 valence electrons. The third-order valence-electron chi connectivity index (χ3n) is 3.05. The Balaban J connectivity index is 2.63. The fraction of sp³-hybridized carbons (Fsp3) is 0.500. The lowest BCUT2D eigenvalue weighted by Gasteiger charge is -2.18. The molecule has 3 heteroatoms. The van der Waals surface area contributed by atoms with Crippen molar-refractivity contribution in [3.63, 3.8) is 0 Å². The van der Waals surface area contributed by atoms with Crippen LogP contribution in [0.2, 0.25) is 5.02 Å². The van der Waals surface area contributed by atoms with Crippen molar-refractivity contribution in [3.8, 4) is 5.75 Å². The Morgan fingerprint density at radius 2 is 2.00 bits per heavy atom. The Labute approximate surface area is 94.8 Å². The molecule has 15 heavy (non-hydrogen) atoms. The van der Waals surface area contributed by atoms with Crippen LogP contribution >= 0.6 is 11.6 Å². The quantitative estimate of drug-likeness (QED) is 0.840. The first-order valence-electron chi connectivity index (χ1n) is 5.06. The van der Waals surface area contributed by atoms with Crippen molar-refractivity contribution in [1.82, 2.24) is 0 Å². The van der Waals surface area contributed by atoms with Gasteiger partial charge >= 0.3 is 0 Å². The Bertz CT molecular complexity index is 409. The smallest absolute Gasteiger partial charge is 0.129 e. The third kappa shape index (κ3) is 1.62. The second kappa shape index (κ2) is 3.39. The topological polar surface area (TPSA) is 29.5 Å². The zero-order valence-electron chi connectivity index (χ0n) is 9.22. The van der Waals surface area contributed by atoms with Gasteiger partial charge in [0.1, 0.15) is 5.75 Å². The number of hydrogen-bond donors (Lipinski definition) is 1. The highest BCUT2D eigenvalue weighted by molar-refractivity contribution is 6.32. The van der Waals surface area contributed by atoms with E-state index in [4.69, 9.17) is 16.3 Å². The van der Waals surface area contributed by atoms with Crippen molar-refractivity contribution in [2.45, 2.75) is 32.3 Å². The fourth-order valence-corrected chi connectivity index (χ4v) is 2.08. The van der Waals surface area contributed by atoms with Gasteiger partial charge in [-0.1, -0.05) is 11.6 Å². The first kappa shape index (κ1) is 10.8. The number of aliphatic hydroxyl groups is 1. The molecule has 2 nitrogen and oxygen atoms in total. The molecule has 1 fully saturated rings. The number of rotatable bonds is 2. The van der Waals surface area contributed by atoms with Gasteiger partial charge in [0, 0.05) is 11.1 Å². The summed E-state index contributed by atoms with van der Waals surface area (Å²) < 4.78 is 5.33. The number of benzene rings is 1. The Hall–Kier alpha value is -0.730. The summed E-state index contributed by atoms with van der Waals surface area (Å²) in [7, 11) is 1.61. The van der Waals surface area contributed by atoms with Gasteiger partial charge in [0.15, 0.2) is 0 Å². The molecular formula is C12H15ClO2. The molecule has 2 rings (SSSR count). The van der Waals surface area contributed by atoms with E-state index >= 15 is 0 Å². The molecule has 0 unspecified atom stereocenters. The maximum Gasteiger partial charge on any atom is 0.129 e. The molecule has 0 atom stereocenters. The molecule has 1 N–H and O–H groups in total. The first-order chi connectivity index (χ1) is 6.99. The van der Waals surface area contributed by atoms with Crippen LogP contribution in [-0.4, -0.2) is 12.2 Å². The van der Waals surface area contributed by atoms with Crippen LogP contribution in [-0.2, 0) is 5.60 Å². The summed E-state index contributed by atoms with van der Waals surface area (Å²) in [6, 6.07) is 1.93. The van der Waals surface area contributed by atoms with Gasteiger partial charge < -0.3 is 9.84 Å². The van der Waals surface area contributed by atoms with E-state index in [1.54, 1.807) is 7.11 Å². The molecule has 0 spiro atoms. The molecule has 0 heterocycles. The van der Waals surface area contributed by atoms with Crippen LogP contribution in [0.4, 0.5) is 0 Å². The zero-order chi connectivity index (χ0) is 11.2. The second-order valence-corrected chi connectivity index (χ2v) is 4.62. The summed E-state index contributed by atoms with van der Waals surface area (Å²) >= 11 is 6.14. The molecule has 1 aromatic carbocycles. The highest BCUT2D eigenvalue weighted by atomic mass is 35.5. The summed E-state index contributed by atoms with van der Waals surface area (Å²) in [6.45, 7) is 3.87. The van der Waals surface area contributed by atoms with Crippen LogP contribution in [0, 0.1) is 13.8 Å². The van der Waals surface area contributed by atoms with Gasteiger partial charge in [0.2, 0.25) is 0 Å². The molecule has 0 saturated heterocycles. The molecule has 0 radical (unpaired) electrons. The number of aryl methyl sites for hydroxylation is 1. The SMILES string of the molecule is COc1c(C2(O)CC2)cc(C)c(Cl)c1C. The zero-order valence-corrected chi connectivity index (χ0v) is 9.98. The average molecular weight is 227 g/mol. The molecule has 0 bridgehead atoms. The van der Waals surface area contributed by atoms with Crippen LogP contribution in [0.3, 0.4) is 0 Å². The van der Waals surface area contributed by atoms with Crippen molar-refractivity contribution >= 4 is 11.6 Å². The lowest BCUT2D eigenvalue weighted by Crippen LogP contribution is -2.08. The van der Waals surface area contributed by atoms with Gasteiger partial charge in [-0.15, -0.1) is 0 Å². The molecule has 0 aromatic heterocycles. The second-order valence-electron chi connectivity index (χ2n) is 4.24. The van der Waals surface area contributed by atoms with E-state index in [0.717, 1.165) is 40.3 Å². The number of hydrogen-bond acceptors (Lipinski definition) is 2. The summed E-state index contributed by atoms with van der Waals surface area (Å²) in [6.07, 6.45) is 1.62. The van der Waals surface area contributed by atoms with E-state index in [2.05, 4.69) is 0 Å². The molecule has 0 amide bonds. The standard InChI is InChI=1S/C12H15ClO2/c1-7-6-9(12(14)4-5-12)11(15-3)8(2)10(7)13/h6,14H,4-5H2,1-3H3. The van der Waals surface area contributed by atoms with E-state index in [1.165, 1.54) is 0 Å². The van der Waals surface area contributed by atoms with Crippen LogP contribution in [0.25, 0.3) is 0 Å². The summed E-state index contributed by atoms with van der Waals surface area (Å²) in [5.74, 6) is 0.727. The molecule has 1 saturated carbocycles. The van der Waals surface area contributed by atoms with Gasteiger partial charge in [-0.3, -0.25) is 0 Å².